The van der Waals surface area contributed by atoms with E-state index in [4.69, 9.17) is 35.5 Å². The van der Waals surface area contributed by atoms with Crippen LogP contribution in [0, 0.1) is 11.8 Å². The first-order valence-corrected chi connectivity index (χ1v) is 20.4. The van der Waals surface area contributed by atoms with Gasteiger partial charge in [-0.1, -0.05) is 60.8 Å². The molecule has 3 aromatic heterocycles. The second-order valence-electron chi connectivity index (χ2n) is 13.9. The van der Waals surface area contributed by atoms with E-state index in [0.717, 1.165) is 87.1 Å². The Morgan fingerprint density at radius 3 is 2.47 bits per heavy atom. The van der Waals surface area contributed by atoms with E-state index in [2.05, 4.69) is 62.7 Å². The van der Waals surface area contributed by atoms with E-state index in [-0.39, 0.29) is 12.7 Å². The molecule has 12 heteroatoms. The van der Waals surface area contributed by atoms with Crippen LogP contribution in [0.2, 0.25) is 5.02 Å². The Kier molecular flexibility index (Phi) is 13.2. The van der Waals surface area contributed by atoms with Crippen LogP contribution in [0.1, 0.15) is 42.5 Å². The number of para-hydroxylation sites is 2. The van der Waals surface area contributed by atoms with Crippen molar-refractivity contribution >= 4 is 33.2 Å². The molecule has 0 spiro atoms. The molecule has 0 radical (unpaired) electrons. The average molecular weight is 803 g/mol. The lowest BCUT2D eigenvalue weighted by atomic mass is 9.96. The van der Waals surface area contributed by atoms with Crippen molar-refractivity contribution in [2.45, 2.75) is 46.3 Å². The third-order valence-corrected chi connectivity index (χ3v) is 11.4. The summed E-state index contributed by atoms with van der Waals surface area (Å²) >= 11 is 8.66. The zero-order chi connectivity index (χ0) is 39.7. The van der Waals surface area contributed by atoms with E-state index in [9.17, 15) is 0 Å². The molecule has 57 heavy (non-hydrogen) atoms. The van der Waals surface area contributed by atoms with Crippen LogP contribution < -0.4 is 18.9 Å². The molecule has 294 valence electrons. The van der Waals surface area contributed by atoms with E-state index in [1.165, 1.54) is 11.3 Å². The number of rotatable bonds is 15. The minimum Gasteiger partial charge on any atom is -0.496 e. The van der Waals surface area contributed by atoms with Crippen molar-refractivity contribution in [3.63, 3.8) is 0 Å². The second-order valence-corrected chi connectivity index (χ2v) is 15.3. The molecule has 0 N–H and O–H groups in total. The molecule has 4 heterocycles. The highest BCUT2D eigenvalue weighted by molar-refractivity contribution is 7.19. The van der Waals surface area contributed by atoms with E-state index >= 15 is 0 Å². The SMILES string of the molecule is CC#Cc1sc2ncnc(OC(C)Cc3ccccc3OCc3ccnc(-c4ccccc4OC)n3)c2c1-c1ccc(OCCN2CCN(C)CC2)c(Cl)c1CC. The van der Waals surface area contributed by atoms with Crippen LogP contribution >= 0.6 is 22.9 Å². The summed E-state index contributed by atoms with van der Waals surface area (Å²) in [6.45, 7) is 11.9. The molecule has 1 aliphatic rings. The highest BCUT2D eigenvalue weighted by atomic mass is 35.5. The number of likely N-dealkylation sites (N-methyl/N-ethyl adjacent to an activating group) is 1. The van der Waals surface area contributed by atoms with Crippen LogP contribution in [0.15, 0.2) is 79.3 Å². The van der Waals surface area contributed by atoms with Gasteiger partial charge in [0.1, 0.15) is 47.7 Å². The predicted octanol–water partition coefficient (Wildman–Crippen LogP) is 8.63. The number of ether oxygens (including phenoxy) is 4. The van der Waals surface area contributed by atoms with Crippen LogP contribution in [0.5, 0.6) is 23.1 Å². The van der Waals surface area contributed by atoms with Gasteiger partial charge in [-0.3, -0.25) is 4.90 Å². The first kappa shape index (κ1) is 40.0. The van der Waals surface area contributed by atoms with Crippen molar-refractivity contribution in [3.8, 4) is 57.5 Å². The first-order valence-electron chi connectivity index (χ1n) is 19.2. The summed E-state index contributed by atoms with van der Waals surface area (Å²) in [5.74, 6) is 9.65. The number of hydrogen-bond donors (Lipinski definition) is 0. The van der Waals surface area contributed by atoms with Crippen molar-refractivity contribution in [1.29, 1.82) is 0 Å². The molecule has 0 bridgehead atoms. The van der Waals surface area contributed by atoms with Gasteiger partial charge in [-0.15, -0.1) is 17.3 Å². The number of benzene rings is 3. The molecule has 6 aromatic rings. The second kappa shape index (κ2) is 18.8. The molecular weight excluding hydrogens is 756 g/mol. The lowest BCUT2D eigenvalue weighted by Crippen LogP contribution is -2.45. The zero-order valence-corrected chi connectivity index (χ0v) is 34.6. The van der Waals surface area contributed by atoms with Crippen molar-refractivity contribution in [2.75, 3.05) is 53.5 Å². The van der Waals surface area contributed by atoms with E-state index < -0.39 is 0 Å². The molecule has 1 saturated heterocycles. The number of methoxy groups -OCH3 is 1. The summed E-state index contributed by atoms with van der Waals surface area (Å²) in [4.78, 5) is 25.1. The number of nitrogens with zero attached hydrogens (tertiary/aromatic N) is 6. The van der Waals surface area contributed by atoms with Gasteiger partial charge in [0.05, 0.1) is 33.7 Å². The molecule has 1 atom stereocenters. The summed E-state index contributed by atoms with van der Waals surface area (Å²) < 4.78 is 24.9. The number of aromatic nitrogens is 4. The smallest absolute Gasteiger partial charge is 0.226 e. The standard InChI is InChI=1S/C45H47ClN6O4S/c1-6-12-39-40(34-17-18-38(42(46)33(34)7-2)54-26-25-52-23-21-51(4)22-24-52)41-44(48-29-49-45(41)57-39)56-30(3)27-31-13-8-10-15-36(31)55-28-32-19-20-47-43(50-32)35-14-9-11-16-37(35)53-5/h8-11,13-20,29-30H,7,21-28H2,1-5H3. The van der Waals surface area contributed by atoms with Crippen LogP contribution in [-0.2, 0) is 19.4 Å². The van der Waals surface area contributed by atoms with Gasteiger partial charge in [-0.05, 0) is 74.3 Å². The summed E-state index contributed by atoms with van der Waals surface area (Å²) in [5.41, 5.74) is 5.46. The highest BCUT2D eigenvalue weighted by Crippen LogP contribution is 2.46. The fourth-order valence-corrected chi connectivity index (χ4v) is 8.45. The fraction of sp³-hybridized carbons (Fsp3) is 0.333. The lowest BCUT2D eigenvalue weighted by molar-refractivity contribution is 0.134. The van der Waals surface area contributed by atoms with E-state index in [1.807, 2.05) is 68.4 Å². The van der Waals surface area contributed by atoms with Gasteiger partial charge in [0.15, 0.2) is 5.82 Å². The number of halogens is 1. The zero-order valence-electron chi connectivity index (χ0n) is 33.0. The van der Waals surface area contributed by atoms with Gasteiger partial charge in [-0.2, -0.15) is 0 Å². The van der Waals surface area contributed by atoms with Gasteiger partial charge in [0.25, 0.3) is 0 Å². The number of fused-ring (bicyclic) bond motifs is 1. The third kappa shape index (κ3) is 9.32. The summed E-state index contributed by atoms with van der Waals surface area (Å²) in [6.07, 6.45) is 4.31. The first-order chi connectivity index (χ1) is 27.9. The number of hydrogen-bond acceptors (Lipinski definition) is 11. The Labute approximate surface area is 343 Å². The van der Waals surface area contributed by atoms with Crippen LogP contribution in [0.4, 0.5) is 0 Å². The maximum Gasteiger partial charge on any atom is 0.226 e. The number of thiophene rings is 1. The van der Waals surface area contributed by atoms with Crippen LogP contribution in [-0.4, -0.2) is 89.3 Å². The Hall–Kier alpha value is -5.25. The Morgan fingerprint density at radius 2 is 1.68 bits per heavy atom. The normalized spacial score (nSPS) is 13.9. The van der Waals surface area contributed by atoms with E-state index in [1.54, 1.807) is 19.6 Å². The summed E-state index contributed by atoms with van der Waals surface area (Å²) in [6, 6.07) is 21.6. The maximum absolute atomic E-state index is 7.13. The lowest BCUT2D eigenvalue weighted by Gasteiger charge is -2.32. The molecule has 10 nitrogen and oxygen atoms in total. The molecule has 7 rings (SSSR count). The molecule has 0 amide bonds. The topological polar surface area (TPSA) is 95.0 Å². The molecule has 1 aliphatic heterocycles. The molecule has 0 aliphatic carbocycles. The van der Waals surface area contributed by atoms with Crippen molar-refractivity contribution < 1.29 is 18.9 Å². The molecule has 3 aromatic carbocycles. The van der Waals surface area contributed by atoms with Gasteiger partial charge in [-0.25, -0.2) is 19.9 Å². The predicted molar refractivity (Wildman–Crippen MR) is 228 cm³/mol. The average Bonchev–Trinajstić information content (AvgIpc) is 3.60. The van der Waals surface area contributed by atoms with Crippen molar-refractivity contribution in [2.24, 2.45) is 0 Å². The quantitative estimate of drug-likeness (QED) is 0.0940. The van der Waals surface area contributed by atoms with Gasteiger partial charge in [0.2, 0.25) is 5.88 Å². The van der Waals surface area contributed by atoms with E-state index in [0.29, 0.717) is 47.7 Å². The molecule has 1 fully saturated rings. The Bertz CT molecular complexity index is 2390. The van der Waals surface area contributed by atoms with Gasteiger partial charge in [0, 0.05) is 50.9 Å². The van der Waals surface area contributed by atoms with Gasteiger partial charge < -0.3 is 23.8 Å². The van der Waals surface area contributed by atoms with Crippen LogP contribution in [0.3, 0.4) is 0 Å². The largest absolute Gasteiger partial charge is 0.496 e. The maximum atomic E-state index is 7.13. The fourth-order valence-electron chi connectivity index (χ4n) is 7.04. The van der Waals surface area contributed by atoms with Crippen LogP contribution in [0.25, 0.3) is 32.7 Å². The third-order valence-electron chi connectivity index (χ3n) is 10.0. The molecular formula is C45H47ClN6O4S. The highest BCUT2D eigenvalue weighted by Gasteiger charge is 2.25. The molecule has 0 saturated carbocycles. The Morgan fingerprint density at radius 1 is 0.895 bits per heavy atom. The minimum absolute atomic E-state index is 0.261. The monoisotopic (exact) mass is 802 g/mol. The Balaban J connectivity index is 1.10. The molecule has 1 unspecified atom stereocenters. The van der Waals surface area contributed by atoms with Crippen molar-refractivity contribution in [3.05, 3.63) is 106 Å². The number of piperazine rings is 1. The van der Waals surface area contributed by atoms with Crippen molar-refractivity contribution in [1.82, 2.24) is 29.7 Å². The minimum atomic E-state index is -0.261. The van der Waals surface area contributed by atoms with Gasteiger partial charge >= 0.3 is 0 Å². The summed E-state index contributed by atoms with van der Waals surface area (Å²) in [7, 11) is 3.81. The summed E-state index contributed by atoms with van der Waals surface area (Å²) in [5, 5.41) is 1.44.